The van der Waals surface area contributed by atoms with Gasteiger partial charge in [0.25, 0.3) is 0 Å². The summed E-state index contributed by atoms with van der Waals surface area (Å²) in [5, 5.41) is 4.03. The van der Waals surface area contributed by atoms with Crippen LogP contribution in [0.3, 0.4) is 0 Å². The molecule has 3 aromatic rings. The molecule has 1 saturated heterocycles. The van der Waals surface area contributed by atoms with Crippen LogP contribution in [0.15, 0.2) is 54.9 Å². The van der Waals surface area contributed by atoms with E-state index in [-0.39, 0.29) is 18.8 Å². The van der Waals surface area contributed by atoms with Crippen molar-refractivity contribution in [2.75, 3.05) is 39.2 Å². The second kappa shape index (κ2) is 10.9. The van der Waals surface area contributed by atoms with Crippen LogP contribution in [0.1, 0.15) is 18.9 Å². The van der Waals surface area contributed by atoms with Gasteiger partial charge in [-0.2, -0.15) is 0 Å². The van der Waals surface area contributed by atoms with Crippen molar-refractivity contribution >= 4 is 28.2 Å². The smallest absolute Gasteiger partial charge is 0.159 e. The van der Waals surface area contributed by atoms with Gasteiger partial charge in [-0.15, -0.1) is 6.42 Å². The zero-order valence-corrected chi connectivity index (χ0v) is 19.4. The maximum atomic E-state index is 12.7. The third-order valence-electron chi connectivity index (χ3n) is 5.29. The van der Waals surface area contributed by atoms with Crippen molar-refractivity contribution in [1.29, 1.82) is 0 Å². The quantitative estimate of drug-likeness (QED) is 0.387. The van der Waals surface area contributed by atoms with Crippen molar-refractivity contribution in [3.63, 3.8) is 0 Å². The first kappa shape index (κ1) is 22.1. The topological polar surface area (TPSA) is 76.6 Å². The van der Waals surface area contributed by atoms with Crippen molar-refractivity contribution in [1.82, 2.24) is 14.9 Å². The molecule has 2 heterocycles. The van der Waals surface area contributed by atoms with E-state index in [9.17, 15) is 4.79 Å². The molecule has 7 heteroatoms. The number of nitrogens with zero attached hydrogens (tertiary/aromatic N) is 3. The van der Waals surface area contributed by atoms with Crippen molar-refractivity contribution in [3.05, 3.63) is 66.0 Å². The molecule has 0 radical (unpaired) electrons. The number of hydrogen-bond donors (Lipinski definition) is 1. The fraction of sp³-hybridized carbons (Fsp3) is 0.296. The molecular formula is C27H28N4O3. The second-order valence-corrected chi connectivity index (χ2v) is 8.30. The van der Waals surface area contributed by atoms with E-state index >= 15 is 0 Å². The molecule has 1 aliphatic heterocycles. The summed E-state index contributed by atoms with van der Waals surface area (Å²) in [5.41, 5.74) is 2.83. The van der Waals surface area contributed by atoms with Gasteiger partial charge in [0.05, 0.1) is 20.1 Å². The molecule has 1 N–H and O–H groups in total. The Labute approximate surface area is 201 Å². The van der Waals surface area contributed by atoms with Crippen molar-refractivity contribution in [2.24, 2.45) is 0 Å². The summed E-state index contributed by atoms with van der Waals surface area (Å²) in [7, 11) is 3.88. The third kappa shape index (κ3) is 5.98. The summed E-state index contributed by atoms with van der Waals surface area (Å²) in [4.78, 5) is 23.5. The lowest BCUT2D eigenvalue weighted by molar-refractivity contribution is -0.114. The lowest BCUT2D eigenvalue weighted by Gasteiger charge is -2.17. The average molecular weight is 458 g/mol. The summed E-state index contributed by atoms with van der Waals surface area (Å²) >= 11 is 0. The number of nitrogens with one attached hydrogen (secondary N) is 1. The molecule has 1 unspecified atom stereocenters. The zero-order valence-electron chi connectivity index (χ0n) is 20.4. The molecule has 0 amide bonds. The number of hydrogen-bond acceptors (Lipinski definition) is 7. The van der Waals surface area contributed by atoms with Gasteiger partial charge in [0.1, 0.15) is 24.0 Å². The van der Waals surface area contributed by atoms with Crippen LogP contribution in [0.4, 0.5) is 11.5 Å². The van der Waals surface area contributed by atoms with Crippen LogP contribution in [-0.4, -0.2) is 60.6 Å². The van der Waals surface area contributed by atoms with E-state index in [0.29, 0.717) is 42.2 Å². The Morgan fingerprint density at radius 2 is 2.26 bits per heavy atom. The SMILES string of the molecule is [2H]C1(Oc2cc3ncnc(Nc4cccc(C#C)c4)c3cc2CC(=O)/C=C/CN(C)C)CCOC1. The lowest BCUT2D eigenvalue weighted by atomic mass is 10.0. The number of terminal acetylenes is 1. The summed E-state index contributed by atoms with van der Waals surface area (Å²) in [5.74, 6) is 3.59. The Bertz CT molecular complexity index is 1290. The van der Waals surface area contributed by atoms with Crippen LogP contribution < -0.4 is 10.1 Å². The van der Waals surface area contributed by atoms with Gasteiger partial charge in [-0.25, -0.2) is 9.97 Å². The fourth-order valence-electron chi connectivity index (χ4n) is 3.61. The Hall–Kier alpha value is -3.73. The number of anilines is 2. The Morgan fingerprint density at radius 3 is 3.03 bits per heavy atom. The highest BCUT2D eigenvalue weighted by atomic mass is 16.5. The summed E-state index contributed by atoms with van der Waals surface area (Å²) in [6.45, 7) is 1.30. The number of ketones is 1. The number of aromatic nitrogens is 2. The van der Waals surface area contributed by atoms with E-state index in [1.807, 2.05) is 55.4 Å². The minimum Gasteiger partial charge on any atom is -0.488 e. The molecule has 7 nitrogen and oxygen atoms in total. The van der Waals surface area contributed by atoms with Gasteiger partial charge in [-0.3, -0.25) is 4.79 Å². The highest BCUT2D eigenvalue weighted by Crippen LogP contribution is 2.32. The summed E-state index contributed by atoms with van der Waals surface area (Å²) in [6.07, 6.45) is 9.77. The van der Waals surface area contributed by atoms with Crippen molar-refractivity contribution < 1.29 is 15.6 Å². The number of ether oxygens (including phenoxy) is 2. The van der Waals surface area contributed by atoms with Crippen LogP contribution in [0.2, 0.25) is 0 Å². The largest absolute Gasteiger partial charge is 0.488 e. The van der Waals surface area contributed by atoms with E-state index in [2.05, 4.69) is 21.2 Å². The predicted octanol–water partition coefficient (Wildman–Crippen LogP) is 3.75. The molecule has 1 aromatic heterocycles. The highest BCUT2D eigenvalue weighted by molar-refractivity contribution is 5.96. The van der Waals surface area contributed by atoms with Crippen LogP contribution in [0.5, 0.6) is 5.75 Å². The summed E-state index contributed by atoms with van der Waals surface area (Å²) < 4.78 is 20.0. The van der Waals surface area contributed by atoms with Gasteiger partial charge in [0, 0.05) is 47.7 Å². The number of benzene rings is 2. The van der Waals surface area contributed by atoms with Crippen LogP contribution >= 0.6 is 0 Å². The van der Waals surface area contributed by atoms with Gasteiger partial charge < -0.3 is 19.7 Å². The molecule has 0 aliphatic carbocycles. The van der Waals surface area contributed by atoms with E-state index in [4.69, 9.17) is 17.3 Å². The number of carbonyl (C=O) groups is 1. The van der Waals surface area contributed by atoms with Crippen LogP contribution in [0.25, 0.3) is 10.9 Å². The first-order chi connectivity index (χ1) is 16.8. The van der Waals surface area contributed by atoms with Crippen molar-refractivity contribution in [2.45, 2.75) is 18.9 Å². The van der Waals surface area contributed by atoms with Crippen LogP contribution in [0, 0.1) is 12.3 Å². The number of rotatable bonds is 9. The Balaban J connectivity index is 1.71. The normalized spacial score (nSPS) is 18.2. The van der Waals surface area contributed by atoms with Crippen molar-refractivity contribution in [3.8, 4) is 18.1 Å². The highest BCUT2D eigenvalue weighted by Gasteiger charge is 2.20. The summed E-state index contributed by atoms with van der Waals surface area (Å²) in [6, 6.07) is 11.1. The minimum absolute atomic E-state index is 0.0640. The molecule has 0 saturated carbocycles. The first-order valence-corrected chi connectivity index (χ1v) is 11.1. The standard InChI is InChI=1S/C27H28N4O3/c1-4-19-7-5-8-21(13-19)30-27-24-15-20(14-22(32)9-6-11-31(2)3)26(16-25(24)28-18-29-27)34-23-10-12-33-17-23/h1,5-9,13,15-16,18,23H,10-12,14,17H2,2-3H3,(H,28,29,30)/b9-6+/i23D. The molecule has 1 fully saturated rings. The van der Waals surface area contributed by atoms with Gasteiger partial charge in [-0.1, -0.05) is 18.1 Å². The monoisotopic (exact) mass is 457 g/mol. The average Bonchev–Trinajstić information content (AvgIpc) is 3.25. The Kier molecular flexibility index (Phi) is 7.10. The van der Waals surface area contributed by atoms with E-state index in [0.717, 1.165) is 16.6 Å². The molecular weight excluding hydrogens is 428 g/mol. The number of carbonyl (C=O) groups excluding carboxylic acids is 1. The molecule has 34 heavy (non-hydrogen) atoms. The number of likely N-dealkylation sites (N-methyl/N-ethyl adjacent to an activating group) is 1. The van der Waals surface area contributed by atoms with Gasteiger partial charge in [0.15, 0.2) is 5.78 Å². The van der Waals surface area contributed by atoms with E-state index in [1.54, 1.807) is 12.1 Å². The van der Waals surface area contributed by atoms with Gasteiger partial charge >= 0.3 is 0 Å². The van der Waals surface area contributed by atoms with E-state index < -0.39 is 6.08 Å². The number of allylic oxidation sites excluding steroid dienone is 1. The fourth-order valence-corrected chi connectivity index (χ4v) is 3.61. The second-order valence-electron chi connectivity index (χ2n) is 8.30. The predicted molar refractivity (Wildman–Crippen MR) is 133 cm³/mol. The van der Waals surface area contributed by atoms with Crippen LogP contribution in [-0.2, 0) is 16.0 Å². The maximum Gasteiger partial charge on any atom is 0.159 e. The molecule has 0 bridgehead atoms. The zero-order chi connectivity index (χ0) is 24.8. The minimum atomic E-state index is -1.20. The molecule has 1 aliphatic rings. The maximum absolute atomic E-state index is 12.7. The first-order valence-electron chi connectivity index (χ1n) is 11.6. The van der Waals surface area contributed by atoms with Gasteiger partial charge in [0.2, 0.25) is 0 Å². The lowest BCUT2D eigenvalue weighted by Crippen LogP contribution is -2.17. The molecule has 4 rings (SSSR count). The molecule has 2 aromatic carbocycles. The Morgan fingerprint density at radius 1 is 1.38 bits per heavy atom. The third-order valence-corrected chi connectivity index (χ3v) is 5.29. The molecule has 0 spiro atoms. The van der Waals surface area contributed by atoms with E-state index in [1.165, 1.54) is 6.33 Å². The molecule has 1 atom stereocenters. The van der Waals surface area contributed by atoms with Gasteiger partial charge in [-0.05, 0) is 44.4 Å². The molecule has 174 valence electrons. The number of fused-ring (bicyclic) bond motifs is 1.